The van der Waals surface area contributed by atoms with Crippen molar-refractivity contribution in [2.75, 3.05) is 14.7 Å². The van der Waals surface area contributed by atoms with E-state index in [2.05, 4.69) is 372 Å². The van der Waals surface area contributed by atoms with Crippen molar-refractivity contribution in [3.05, 3.63) is 419 Å². The number of pyridine rings is 3. The van der Waals surface area contributed by atoms with E-state index in [9.17, 15) is 15.3 Å². The van der Waals surface area contributed by atoms with Gasteiger partial charge in [-0.05, 0) is 276 Å². The second-order valence-electron chi connectivity index (χ2n) is 45.1. The van der Waals surface area contributed by atoms with E-state index in [1.807, 2.05) is 213 Å². The van der Waals surface area contributed by atoms with Gasteiger partial charge in [0.25, 0.3) is 0 Å². The van der Waals surface area contributed by atoms with Gasteiger partial charge in [-0.15, -0.1) is 29.8 Å². The van der Waals surface area contributed by atoms with Crippen molar-refractivity contribution >= 4 is 80.1 Å². The van der Waals surface area contributed by atoms with Gasteiger partial charge >= 0.3 is 7.12 Å². The van der Waals surface area contributed by atoms with Crippen LogP contribution in [0.1, 0.15) is 203 Å². The van der Waals surface area contributed by atoms with Crippen LogP contribution >= 0.6 is 15.9 Å². The van der Waals surface area contributed by atoms with E-state index in [4.69, 9.17) is 29.2 Å². The molecule has 17 nitrogen and oxygen atoms in total. The molecule has 1 saturated heterocycles. The second-order valence-corrected chi connectivity index (χ2v) is 45.8. The molecule has 149 heavy (non-hydrogen) atoms. The van der Waals surface area contributed by atoms with Gasteiger partial charge in [0.1, 0.15) is 56.8 Å². The number of rotatable bonds is 18. The van der Waals surface area contributed by atoms with Gasteiger partial charge in [-0.1, -0.05) is 294 Å². The number of aromatic hydroxyl groups is 3. The van der Waals surface area contributed by atoms with Crippen molar-refractivity contribution in [1.82, 2.24) is 43.6 Å². The SMILES string of the molecule is CC1(C)OB(c2cccc(N(c3ccccc3)c3ccccn3)c2)OC1(C)C.Cc1c(-c2[c-]c(N(c3ccccc3)c3ccccn3)ccc2)nc(-c2cc(C(C)(C)C)cc(C(C)(C)C)c2O)n1-c1ccccc1.Cc1c(-c2cccc(N(c3ccccc3)c3ccccn3)c2)nc(-c2cc(C(C)(C)C)cc(C(C)(C)C)c2O)n1-c1ccccc1.Cc1c(Br)nc(-c2cc(C(C)(C)C)cc(C(C)(C)C)c2O)n1-c1ccccc1.[Pt]. The molecule has 0 atom stereocenters. The molecule has 0 unspecified atom stereocenters. The van der Waals surface area contributed by atoms with Crippen molar-refractivity contribution in [3.63, 3.8) is 0 Å². The number of nitrogens with zero attached hydrogens (tertiary/aromatic N) is 12. The largest absolute Gasteiger partial charge is 0.507 e. The third-order valence-electron chi connectivity index (χ3n) is 27.4. The molecule has 0 aliphatic carbocycles. The molecule has 6 aromatic heterocycles. The van der Waals surface area contributed by atoms with E-state index in [1.165, 1.54) is 5.56 Å². The van der Waals surface area contributed by atoms with Crippen LogP contribution in [0.15, 0.2) is 363 Å². The first-order valence-corrected chi connectivity index (χ1v) is 51.6. The summed E-state index contributed by atoms with van der Waals surface area (Å²) in [6.07, 6.45) is 5.43. The van der Waals surface area contributed by atoms with E-state index < -0.39 is 7.12 Å². The maximum Gasteiger partial charge on any atom is 0.494 e. The molecule has 1 aliphatic heterocycles. The van der Waals surface area contributed by atoms with Crippen LogP contribution in [0.2, 0.25) is 0 Å². The van der Waals surface area contributed by atoms with Crippen LogP contribution in [0.5, 0.6) is 17.2 Å². The van der Waals surface area contributed by atoms with Gasteiger partial charge in [-0.3, -0.25) is 23.9 Å². The Labute approximate surface area is 904 Å². The maximum atomic E-state index is 11.9. The molecule has 18 aromatic rings. The van der Waals surface area contributed by atoms with E-state index in [0.29, 0.717) is 23.0 Å². The van der Waals surface area contributed by atoms with Gasteiger partial charge < -0.3 is 34.1 Å². The predicted molar refractivity (Wildman–Crippen MR) is 615 cm³/mol. The Hall–Kier alpha value is -14.3. The number of imidazole rings is 3. The van der Waals surface area contributed by atoms with E-state index >= 15 is 0 Å². The summed E-state index contributed by atoms with van der Waals surface area (Å²) < 4.78 is 19.7. The third-order valence-corrected chi connectivity index (χ3v) is 28.1. The molecule has 1 aliphatic rings. The summed E-state index contributed by atoms with van der Waals surface area (Å²) in [5, 5.41) is 35.1. The summed E-state index contributed by atoms with van der Waals surface area (Å²) in [7, 11) is -0.397. The van der Waals surface area contributed by atoms with E-state index in [-0.39, 0.29) is 76.3 Å². The third kappa shape index (κ3) is 24.0. The Morgan fingerprint density at radius 1 is 0.315 bits per heavy atom. The maximum absolute atomic E-state index is 11.9. The van der Waals surface area contributed by atoms with Crippen LogP contribution in [0.25, 0.3) is 73.7 Å². The number of phenolic OH excluding ortho intramolecular Hbond substituents is 3. The number of para-hydroxylation sites is 6. The summed E-state index contributed by atoms with van der Waals surface area (Å²) in [6.45, 7) is 53.6. The Morgan fingerprint density at radius 2 is 0.624 bits per heavy atom. The number of aromatic nitrogens is 9. The second kappa shape index (κ2) is 44.2. The van der Waals surface area contributed by atoms with Gasteiger partial charge in [0, 0.05) is 124 Å². The van der Waals surface area contributed by atoms with E-state index in [1.54, 1.807) is 6.20 Å². The summed E-state index contributed by atoms with van der Waals surface area (Å²) in [5.74, 6) is 5.47. The number of hydrogen-bond donors (Lipinski definition) is 3. The molecular weight excluding hydrogens is 2080 g/mol. The van der Waals surface area contributed by atoms with Crippen molar-refractivity contribution in [3.8, 4) is 91.0 Å². The molecule has 0 saturated carbocycles. The predicted octanol–water partition coefficient (Wildman–Crippen LogP) is 32.9. The minimum atomic E-state index is -0.397. The average molecular weight is 2220 g/mol. The molecule has 0 bridgehead atoms. The van der Waals surface area contributed by atoms with Gasteiger partial charge in [0.15, 0.2) is 0 Å². The normalized spacial score (nSPS) is 13.0. The van der Waals surface area contributed by atoms with Crippen molar-refractivity contribution in [2.24, 2.45) is 0 Å². The minimum Gasteiger partial charge on any atom is -0.507 e. The first kappa shape index (κ1) is 109. The smallest absolute Gasteiger partial charge is 0.494 e. The monoisotopic (exact) mass is 2220 g/mol. The Kier molecular flexibility index (Phi) is 32.3. The number of hydrogen-bond acceptors (Lipinski definition) is 14. The Balaban J connectivity index is 0.000000152. The van der Waals surface area contributed by atoms with E-state index in [0.717, 1.165) is 163 Å². The zero-order valence-corrected chi connectivity index (χ0v) is 94.2. The standard InChI is InChI=1S/C41H42N4O.C41H41N4O.C24H29BrN2O.C23H25BN2O2.Pt/c2*1-28-37(29-17-16-22-33(25-29)45(32-20-12-9-13-21-32)36-23-14-15-24-42-36)43-39(44(28)31-18-10-8-11-19-31)34-26-30(40(2,3)4)27-35(38(34)46)41(5,6)7;1-15-21(25)26-22(27(15)17-11-9-8-10-12-17)18-13-16(23(2,3)4)14-19(20(18)28)24(5,6)7;1-22(2)23(3,4)28-24(27-22)18-11-10-14-20(17-18)26(19-12-6-5-7-13-19)21-15-8-9-16-25-21;/h8-27,46H,1-7H3;8-24,26-27,46H,1-7H3;8-14,28H,1-7H3;5-17H,1-4H3;/q;-1;;;. The number of benzene rings is 12. The number of anilines is 9. The number of halogens is 1. The zero-order valence-electron chi connectivity index (χ0n) is 90.4. The molecule has 19 rings (SSSR count). The summed E-state index contributed by atoms with van der Waals surface area (Å²) in [5.41, 5.74) is 23.0. The van der Waals surface area contributed by atoms with Gasteiger partial charge in [0.2, 0.25) is 0 Å². The topological polar surface area (TPSA) is 181 Å². The molecule has 3 N–H and O–H groups in total. The van der Waals surface area contributed by atoms with Crippen molar-refractivity contribution in [2.45, 2.75) is 217 Å². The molecule has 0 radical (unpaired) electrons. The first-order valence-electron chi connectivity index (χ1n) is 50.8. The number of phenols is 3. The van der Waals surface area contributed by atoms with Gasteiger partial charge in [-0.25, -0.2) is 24.9 Å². The van der Waals surface area contributed by atoms with Gasteiger partial charge in [0.05, 0.1) is 39.3 Å². The fourth-order valence-electron chi connectivity index (χ4n) is 18.4. The fourth-order valence-corrected chi connectivity index (χ4v) is 18.7. The molecule has 20 heteroatoms. The van der Waals surface area contributed by atoms with Gasteiger partial charge in [-0.2, -0.15) is 0 Å². The van der Waals surface area contributed by atoms with Crippen LogP contribution in [0.4, 0.5) is 51.6 Å². The van der Waals surface area contributed by atoms with Crippen LogP contribution in [0.3, 0.4) is 0 Å². The molecule has 0 spiro atoms. The van der Waals surface area contributed by atoms with Crippen LogP contribution < -0.4 is 20.2 Å². The molecule has 0 amide bonds. The molecule has 764 valence electrons. The average Bonchev–Trinajstić information content (AvgIpc) is 1.61. The quantitative estimate of drug-likeness (QED) is 0.0545. The Morgan fingerprint density at radius 3 is 0.987 bits per heavy atom. The molecule has 7 heterocycles. The molecule has 1 fully saturated rings. The van der Waals surface area contributed by atoms with Crippen molar-refractivity contribution in [1.29, 1.82) is 0 Å². The first-order chi connectivity index (χ1) is 70.1. The summed E-state index contributed by atoms with van der Waals surface area (Å²) in [6, 6.07) is 118. The molecular formula is C129H137BBrN12O5Pt-. The Bertz CT molecular complexity index is 7240. The van der Waals surface area contributed by atoms with Crippen LogP contribution in [-0.2, 0) is 62.9 Å². The minimum absolute atomic E-state index is 0. The summed E-state index contributed by atoms with van der Waals surface area (Å²) >= 11 is 3.59. The van der Waals surface area contributed by atoms with Crippen LogP contribution in [0, 0.1) is 26.8 Å². The summed E-state index contributed by atoms with van der Waals surface area (Å²) in [4.78, 5) is 35.8. The molecule has 12 aromatic carbocycles. The zero-order chi connectivity index (χ0) is 106. The fraction of sp³-hybridized carbons (Fsp3) is 0.256. The van der Waals surface area contributed by atoms with Crippen LogP contribution in [-0.4, -0.2) is 77.2 Å². The van der Waals surface area contributed by atoms with Crippen molar-refractivity contribution < 1.29 is 45.7 Å².